The van der Waals surface area contributed by atoms with Crippen LogP contribution in [0.3, 0.4) is 0 Å². The maximum atomic E-state index is 4.27. The van der Waals surface area contributed by atoms with Gasteiger partial charge in [0.25, 0.3) is 0 Å². The Hall–Kier alpha value is -0.0800. The van der Waals surface area contributed by atoms with Gasteiger partial charge in [-0.25, -0.2) is 0 Å². The number of hydrogen-bond acceptors (Lipinski definition) is 3. The molecule has 0 aromatic heterocycles. The van der Waals surface area contributed by atoms with Crippen LogP contribution >= 0.6 is 24.0 Å². The molecule has 2 N–H and O–H groups in total. The van der Waals surface area contributed by atoms with Crippen molar-refractivity contribution in [3.63, 3.8) is 0 Å². The number of likely N-dealkylation sites (tertiary alicyclic amines) is 1. The first-order valence-corrected chi connectivity index (χ1v) is 8.51. The molecule has 0 spiro atoms. The van der Waals surface area contributed by atoms with E-state index in [4.69, 9.17) is 0 Å². The van der Waals surface area contributed by atoms with Gasteiger partial charge in [0, 0.05) is 26.7 Å². The first-order valence-electron chi connectivity index (χ1n) is 8.51. The first kappa shape index (κ1) is 21.9. The monoisotopic (exact) mass is 425 g/mol. The minimum Gasteiger partial charge on any atom is -0.356 e. The van der Waals surface area contributed by atoms with Crippen molar-refractivity contribution >= 4 is 29.9 Å². The highest BCUT2D eigenvalue weighted by Crippen LogP contribution is 2.15. The smallest absolute Gasteiger partial charge is 0.191 e. The molecule has 0 saturated carbocycles. The van der Waals surface area contributed by atoms with E-state index < -0.39 is 0 Å². The van der Waals surface area contributed by atoms with Gasteiger partial charge in [-0.1, -0.05) is 13.8 Å². The van der Waals surface area contributed by atoms with Crippen molar-refractivity contribution in [1.82, 2.24) is 20.4 Å². The second-order valence-corrected chi connectivity index (χ2v) is 6.20. The summed E-state index contributed by atoms with van der Waals surface area (Å²) in [5, 5.41) is 6.77. The zero-order valence-corrected chi connectivity index (χ0v) is 17.2. The first-order chi connectivity index (χ1) is 10.2. The lowest BCUT2D eigenvalue weighted by molar-refractivity contribution is 0.191. The largest absolute Gasteiger partial charge is 0.356 e. The van der Waals surface area contributed by atoms with Gasteiger partial charge >= 0.3 is 0 Å². The number of rotatable bonds is 8. The molecule has 1 aliphatic rings. The molecule has 0 amide bonds. The highest BCUT2D eigenvalue weighted by molar-refractivity contribution is 14.0. The van der Waals surface area contributed by atoms with E-state index in [0.717, 1.165) is 38.1 Å². The number of halogens is 1. The minimum atomic E-state index is 0. The summed E-state index contributed by atoms with van der Waals surface area (Å²) in [6.45, 7) is 12.4. The van der Waals surface area contributed by atoms with Crippen LogP contribution in [0.25, 0.3) is 0 Å². The molecule has 1 saturated heterocycles. The Morgan fingerprint density at radius 2 is 1.86 bits per heavy atom. The highest BCUT2D eigenvalue weighted by atomic mass is 127. The average molecular weight is 425 g/mol. The fraction of sp³-hybridized carbons (Fsp3) is 0.938. The van der Waals surface area contributed by atoms with E-state index in [9.17, 15) is 0 Å². The lowest BCUT2D eigenvalue weighted by Gasteiger charge is -2.30. The maximum absolute atomic E-state index is 4.27. The third-order valence-corrected chi connectivity index (χ3v) is 4.37. The van der Waals surface area contributed by atoms with Gasteiger partial charge in [0.15, 0.2) is 5.96 Å². The molecule has 1 fully saturated rings. The predicted molar refractivity (Wildman–Crippen MR) is 107 cm³/mol. The highest BCUT2D eigenvalue weighted by Gasteiger charge is 2.14. The number of aliphatic imine (C=N–C) groups is 1. The molecular weight excluding hydrogens is 389 g/mol. The summed E-state index contributed by atoms with van der Waals surface area (Å²) in [6.07, 6.45) is 3.91. The van der Waals surface area contributed by atoms with Crippen LogP contribution in [0.4, 0.5) is 0 Å². The van der Waals surface area contributed by atoms with E-state index >= 15 is 0 Å². The Kier molecular flexibility index (Phi) is 13.3. The molecule has 0 unspecified atom stereocenters. The second kappa shape index (κ2) is 13.4. The Morgan fingerprint density at radius 3 is 2.45 bits per heavy atom. The van der Waals surface area contributed by atoms with Gasteiger partial charge in [0.2, 0.25) is 0 Å². The van der Waals surface area contributed by atoms with Gasteiger partial charge in [0.05, 0.1) is 0 Å². The Balaban J connectivity index is 0.00000441. The molecule has 0 radical (unpaired) electrons. The average Bonchev–Trinajstić information content (AvgIpc) is 2.51. The summed E-state index contributed by atoms with van der Waals surface area (Å²) in [5.41, 5.74) is 0. The lowest BCUT2D eigenvalue weighted by atomic mass is 9.99. The summed E-state index contributed by atoms with van der Waals surface area (Å²) in [6, 6.07) is 0. The van der Waals surface area contributed by atoms with Crippen LogP contribution < -0.4 is 10.6 Å². The Bertz CT molecular complexity index is 290. The molecule has 22 heavy (non-hydrogen) atoms. The molecule has 6 heteroatoms. The van der Waals surface area contributed by atoms with E-state index in [0.29, 0.717) is 0 Å². The Morgan fingerprint density at radius 1 is 1.23 bits per heavy atom. The normalized spacial score (nSPS) is 17.4. The third-order valence-electron chi connectivity index (χ3n) is 4.37. The van der Waals surface area contributed by atoms with Gasteiger partial charge in [0.1, 0.15) is 0 Å². The van der Waals surface area contributed by atoms with Crippen molar-refractivity contribution in [2.24, 2.45) is 10.9 Å². The van der Waals surface area contributed by atoms with Crippen LogP contribution in [0.15, 0.2) is 4.99 Å². The van der Waals surface area contributed by atoms with Crippen molar-refractivity contribution in [2.75, 3.05) is 59.9 Å². The number of likely N-dealkylation sites (N-methyl/N-ethyl adjacent to an activating group) is 1. The summed E-state index contributed by atoms with van der Waals surface area (Å²) >= 11 is 0. The quantitative estimate of drug-likeness (QED) is 0.270. The van der Waals surface area contributed by atoms with Gasteiger partial charge < -0.3 is 20.4 Å². The van der Waals surface area contributed by atoms with Crippen molar-refractivity contribution in [3.05, 3.63) is 0 Å². The molecule has 132 valence electrons. The van der Waals surface area contributed by atoms with Crippen molar-refractivity contribution in [2.45, 2.75) is 33.1 Å². The van der Waals surface area contributed by atoms with Gasteiger partial charge in [-0.3, -0.25) is 4.99 Å². The summed E-state index contributed by atoms with van der Waals surface area (Å²) in [4.78, 5) is 9.15. The molecule has 0 aromatic rings. The van der Waals surface area contributed by atoms with E-state index in [1.165, 1.54) is 38.9 Å². The van der Waals surface area contributed by atoms with Crippen LogP contribution in [-0.4, -0.2) is 75.7 Å². The van der Waals surface area contributed by atoms with Crippen LogP contribution in [0, 0.1) is 5.92 Å². The van der Waals surface area contributed by atoms with Crippen LogP contribution in [0.5, 0.6) is 0 Å². The van der Waals surface area contributed by atoms with Crippen molar-refractivity contribution in [1.29, 1.82) is 0 Å². The molecule has 1 heterocycles. The van der Waals surface area contributed by atoms with Gasteiger partial charge in [-0.2, -0.15) is 0 Å². The minimum absolute atomic E-state index is 0. The molecule has 0 bridgehead atoms. The number of nitrogens with one attached hydrogen (secondary N) is 2. The van der Waals surface area contributed by atoms with Gasteiger partial charge in [-0.05, 0) is 58.4 Å². The number of piperidine rings is 1. The van der Waals surface area contributed by atoms with E-state index in [2.05, 4.69) is 46.3 Å². The van der Waals surface area contributed by atoms with Crippen LogP contribution in [0.1, 0.15) is 33.1 Å². The predicted octanol–water partition coefficient (Wildman–Crippen LogP) is 1.84. The van der Waals surface area contributed by atoms with E-state index in [-0.39, 0.29) is 24.0 Å². The van der Waals surface area contributed by atoms with E-state index in [1.807, 2.05) is 7.05 Å². The van der Waals surface area contributed by atoms with Crippen LogP contribution in [-0.2, 0) is 0 Å². The molecule has 0 aliphatic carbocycles. The van der Waals surface area contributed by atoms with E-state index in [1.54, 1.807) is 0 Å². The molecule has 1 rings (SSSR count). The van der Waals surface area contributed by atoms with Crippen LogP contribution in [0.2, 0.25) is 0 Å². The summed E-state index contributed by atoms with van der Waals surface area (Å²) in [5.74, 6) is 1.84. The van der Waals surface area contributed by atoms with Crippen molar-refractivity contribution < 1.29 is 0 Å². The van der Waals surface area contributed by atoms with Gasteiger partial charge in [-0.15, -0.1) is 24.0 Å². The standard InChI is InChI=1S/C16H35N5.HI/c1-5-20(4)14-10-19-16(17-3)18-9-6-11-21-12-7-15(2)8-13-21;/h15H,5-14H2,1-4H3,(H2,17,18,19);1H. The SMILES string of the molecule is CCN(C)CCNC(=NC)NCCCN1CCC(C)CC1.I. The maximum Gasteiger partial charge on any atom is 0.191 e. The summed E-state index contributed by atoms with van der Waals surface area (Å²) in [7, 11) is 3.97. The number of nitrogens with zero attached hydrogens (tertiary/aromatic N) is 3. The molecule has 0 atom stereocenters. The second-order valence-electron chi connectivity index (χ2n) is 6.20. The molecule has 5 nitrogen and oxygen atoms in total. The molecule has 1 aliphatic heterocycles. The third kappa shape index (κ3) is 9.84. The number of guanidine groups is 1. The fourth-order valence-electron chi connectivity index (χ4n) is 2.54. The number of hydrogen-bond donors (Lipinski definition) is 2. The molecule has 0 aromatic carbocycles. The zero-order valence-electron chi connectivity index (χ0n) is 14.9. The summed E-state index contributed by atoms with van der Waals surface area (Å²) < 4.78 is 0. The Labute approximate surface area is 154 Å². The fourth-order valence-corrected chi connectivity index (χ4v) is 2.54. The zero-order chi connectivity index (χ0) is 15.5. The van der Waals surface area contributed by atoms with Crippen molar-refractivity contribution in [3.8, 4) is 0 Å². The topological polar surface area (TPSA) is 42.9 Å². The lowest BCUT2D eigenvalue weighted by Crippen LogP contribution is -2.42. The molecular formula is C16H36IN5.